The molecule has 4 nitrogen and oxygen atoms in total. The van der Waals surface area contributed by atoms with Gasteiger partial charge in [-0.2, -0.15) is 0 Å². The molecule has 0 radical (unpaired) electrons. The first-order valence-electron chi connectivity index (χ1n) is 5.58. The zero-order chi connectivity index (χ0) is 14.0. The molecule has 0 bridgehead atoms. The molecule has 0 aliphatic heterocycles. The van der Waals surface area contributed by atoms with Crippen molar-refractivity contribution in [2.75, 3.05) is 7.11 Å². The number of rotatable bonds is 3. The van der Waals surface area contributed by atoms with Gasteiger partial charge in [0.25, 0.3) is 5.56 Å². The molecule has 0 saturated carbocycles. The van der Waals surface area contributed by atoms with Crippen LogP contribution in [0.2, 0.25) is 0 Å². The standard InChI is InChI=1S/C13H12FIN2O2/c1-8-16-6-10(15)13(18)17(8)7-9-4-3-5-11(19-2)12(9)14/h3-6H,7H2,1-2H3. The van der Waals surface area contributed by atoms with E-state index in [9.17, 15) is 9.18 Å². The summed E-state index contributed by atoms with van der Waals surface area (Å²) < 4.78 is 20.9. The third-order valence-electron chi connectivity index (χ3n) is 2.80. The Kier molecular flexibility index (Phi) is 4.18. The molecular formula is C13H12FIN2O2. The van der Waals surface area contributed by atoms with Gasteiger partial charge in [0.05, 0.1) is 17.2 Å². The molecule has 2 rings (SSSR count). The Morgan fingerprint density at radius 3 is 2.89 bits per heavy atom. The summed E-state index contributed by atoms with van der Waals surface area (Å²) in [7, 11) is 1.41. The molecule has 0 aliphatic rings. The summed E-state index contributed by atoms with van der Waals surface area (Å²) in [5.41, 5.74) is 0.226. The Bertz CT molecular complexity index is 670. The van der Waals surface area contributed by atoms with Gasteiger partial charge in [-0.25, -0.2) is 9.37 Å². The predicted molar refractivity (Wildman–Crippen MR) is 78.0 cm³/mol. The van der Waals surface area contributed by atoms with E-state index in [4.69, 9.17) is 4.74 Å². The highest BCUT2D eigenvalue weighted by molar-refractivity contribution is 14.1. The predicted octanol–water partition coefficient (Wildman–Crippen LogP) is 2.35. The van der Waals surface area contributed by atoms with Gasteiger partial charge in [0.2, 0.25) is 0 Å². The third kappa shape index (κ3) is 2.78. The number of aryl methyl sites for hydroxylation is 1. The zero-order valence-corrected chi connectivity index (χ0v) is 12.6. The van der Waals surface area contributed by atoms with Crippen LogP contribution >= 0.6 is 22.6 Å². The summed E-state index contributed by atoms with van der Waals surface area (Å²) in [6.45, 7) is 1.85. The Labute approximate surface area is 123 Å². The zero-order valence-electron chi connectivity index (χ0n) is 10.5. The highest BCUT2D eigenvalue weighted by atomic mass is 127. The molecule has 1 heterocycles. The fraction of sp³-hybridized carbons (Fsp3) is 0.231. The Morgan fingerprint density at radius 1 is 1.47 bits per heavy atom. The van der Waals surface area contributed by atoms with Gasteiger partial charge < -0.3 is 4.74 Å². The lowest BCUT2D eigenvalue weighted by Gasteiger charge is -2.11. The lowest BCUT2D eigenvalue weighted by molar-refractivity contribution is 0.383. The second kappa shape index (κ2) is 5.68. The van der Waals surface area contributed by atoms with E-state index in [1.165, 1.54) is 17.9 Å². The van der Waals surface area contributed by atoms with Crippen LogP contribution in [0.5, 0.6) is 5.75 Å². The molecule has 0 amide bonds. The molecule has 0 aliphatic carbocycles. The van der Waals surface area contributed by atoms with Gasteiger partial charge in [0.1, 0.15) is 5.82 Å². The van der Waals surface area contributed by atoms with Crippen molar-refractivity contribution >= 4 is 22.6 Å². The SMILES string of the molecule is COc1cccc(Cn2c(C)ncc(I)c2=O)c1F. The molecule has 6 heteroatoms. The number of nitrogens with zero attached hydrogens (tertiary/aromatic N) is 2. The minimum Gasteiger partial charge on any atom is -0.494 e. The normalized spacial score (nSPS) is 10.5. The average molecular weight is 374 g/mol. The van der Waals surface area contributed by atoms with Crippen LogP contribution in [0.25, 0.3) is 0 Å². The number of aromatic nitrogens is 2. The van der Waals surface area contributed by atoms with Crippen molar-refractivity contribution in [3.63, 3.8) is 0 Å². The average Bonchev–Trinajstić information content (AvgIpc) is 2.41. The minimum absolute atomic E-state index is 0.136. The van der Waals surface area contributed by atoms with Gasteiger partial charge >= 0.3 is 0 Å². The maximum absolute atomic E-state index is 14.1. The number of ether oxygens (including phenoxy) is 1. The van der Waals surface area contributed by atoms with Crippen molar-refractivity contribution < 1.29 is 9.13 Å². The van der Waals surface area contributed by atoms with Gasteiger partial charge in [-0.1, -0.05) is 12.1 Å². The van der Waals surface area contributed by atoms with E-state index in [2.05, 4.69) is 4.98 Å². The minimum atomic E-state index is -0.449. The molecule has 100 valence electrons. The summed E-state index contributed by atoms with van der Waals surface area (Å²) in [5.74, 6) is 0.268. The van der Waals surface area contributed by atoms with Crippen LogP contribution in [0, 0.1) is 16.3 Å². The molecule has 19 heavy (non-hydrogen) atoms. The van der Waals surface area contributed by atoms with Crippen LogP contribution in [-0.4, -0.2) is 16.7 Å². The molecule has 0 N–H and O–H groups in total. The van der Waals surface area contributed by atoms with Crippen LogP contribution in [0.1, 0.15) is 11.4 Å². The van der Waals surface area contributed by atoms with Gasteiger partial charge in [-0.3, -0.25) is 9.36 Å². The smallest absolute Gasteiger partial charge is 0.267 e. The van der Waals surface area contributed by atoms with Crippen LogP contribution in [0.15, 0.2) is 29.2 Å². The van der Waals surface area contributed by atoms with E-state index in [-0.39, 0.29) is 17.9 Å². The van der Waals surface area contributed by atoms with Crippen LogP contribution in [-0.2, 0) is 6.54 Å². The van der Waals surface area contributed by atoms with Gasteiger partial charge in [-0.15, -0.1) is 0 Å². The van der Waals surface area contributed by atoms with Gasteiger partial charge in [-0.05, 0) is 35.6 Å². The van der Waals surface area contributed by atoms with Gasteiger partial charge in [0, 0.05) is 11.8 Å². The third-order valence-corrected chi connectivity index (χ3v) is 3.54. The second-order valence-corrected chi connectivity index (χ2v) is 5.14. The van der Waals surface area contributed by atoms with Crippen molar-refractivity contribution in [1.82, 2.24) is 9.55 Å². The molecule has 1 aromatic heterocycles. The summed E-state index contributed by atoms with van der Waals surface area (Å²) in [4.78, 5) is 16.1. The molecule has 0 spiro atoms. The van der Waals surface area contributed by atoms with E-state index in [0.29, 0.717) is 15.0 Å². The summed E-state index contributed by atoms with van der Waals surface area (Å²) >= 11 is 1.92. The maximum Gasteiger partial charge on any atom is 0.267 e. The molecule has 0 fully saturated rings. The molecule has 0 saturated heterocycles. The molecule has 1 aromatic carbocycles. The van der Waals surface area contributed by atoms with E-state index in [1.54, 1.807) is 25.1 Å². The van der Waals surface area contributed by atoms with Crippen molar-refractivity contribution in [3.8, 4) is 5.75 Å². The summed E-state index contributed by atoms with van der Waals surface area (Å²) in [6.07, 6.45) is 1.51. The van der Waals surface area contributed by atoms with E-state index >= 15 is 0 Å². The Balaban J connectivity index is 2.48. The topological polar surface area (TPSA) is 44.1 Å². The fourth-order valence-corrected chi connectivity index (χ4v) is 2.17. The highest BCUT2D eigenvalue weighted by Gasteiger charge is 2.12. The lowest BCUT2D eigenvalue weighted by atomic mass is 10.2. The second-order valence-electron chi connectivity index (χ2n) is 3.98. The van der Waals surface area contributed by atoms with Crippen LogP contribution in [0.3, 0.4) is 0 Å². The van der Waals surface area contributed by atoms with Crippen LogP contribution < -0.4 is 10.3 Å². The first-order valence-corrected chi connectivity index (χ1v) is 6.65. The van der Waals surface area contributed by atoms with Crippen LogP contribution in [0.4, 0.5) is 4.39 Å². The largest absolute Gasteiger partial charge is 0.494 e. The summed E-state index contributed by atoms with van der Waals surface area (Å²) in [6, 6.07) is 4.87. The molecule has 0 atom stereocenters. The fourth-order valence-electron chi connectivity index (χ4n) is 1.74. The monoisotopic (exact) mass is 374 g/mol. The van der Waals surface area contributed by atoms with E-state index in [0.717, 1.165) is 0 Å². The van der Waals surface area contributed by atoms with E-state index in [1.807, 2.05) is 22.6 Å². The number of methoxy groups -OCH3 is 1. The number of benzene rings is 1. The van der Waals surface area contributed by atoms with Crippen molar-refractivity contribution in [2.45, 2.75) is 13.5 Å². The van der Waals surface area contributed by atoms with Crippen molar-refractivity contribution in [1.29, 1.82) is 0 Å². The summed E-state index contributed by atoms with van der Waals surface area (Å²) in [5, 5.41) is 0. The molecule has 0 unspecified atom stereocenters. The Hall–Kier alpha value is -1.44. The molecule has 2 aromatic rings. The lowest BCUT2D eigenvalue weighted by Crippen LogP contribution is -2.26. The highest BCUT2D eigenvalue weighted by Crippen LogP contribution is 2.20. The first kappa shape index (κ1) is 14.0. The Morgan fingerprint density at radius 2 is 2.21 bits per heavy atom. The molecular weight excluding hydrogens is 362 g/mol. The quantitative estimate of drug-likeness (QED) is 0.775. The maximum atomic E-state index is 14.1. The van der Waals surface area contributed by atoms with Crippen molar-refractivity contribution in [2.24, 2.45) is 0 Å². The van der Waals surface area contributed by atoms with E-state index < -0.39 is 5.82 Å². The number of hydrogen-bond acceptors (Lipinski definition) is 3. The van der Waals surface area contributed by atoms with Crippen molar-refractivity contribution in [3.05, 3.63) is 55.5 Å². The number of halogens is 2. The first-order chi connectivity index (χ1) is 9.04. The van der Waals surface area contributed by atoms with Gasteiger partial charge in [0.15, 0.2) is 11.6 Å². The number of hydrogen-bond donors (Lipinski definition) is 0.